The van der Waals surface area contributed by atoms with Crippen LogP contribution in [0.4, 0.5) is 0 Å². The zero-order valence-electron chi connectivity index (χ0n) is 11.4. The zero-order chi connectivity index (χ0) is 14.7. The Balaban J connectivity index is 2.24. The number of hydrogen-bond acceptors (Lipinski definition) is 3. The number of carbonyl (C=O) groups excluding carboxylic acids is 1. The van der Waals surface area contributed by atoms with Crippen LogP contribution < -0.4 is 5.32 Å². The second kappa shape index (κ2) is 6.19. The first-order valence-electron chi connectivity index (χ1n) is 6.26. The maximum Gasteiger partial charge on any atom is 0.251 e. The standard InChI is InChI=1S/C14H16BrN3O2/c1-9-13(15)10(2)18(17-9)12-5-3-11(4-6-12)14(20)16-7-8-19/h3-6,19H,7-8H2,1-2H3,(H,16,20). The molecule has 0 bridgehead atoms. The molecule has 1 aromatic carbocycles. The third-order valence-electron chi connectivity index (χ3n) is 2.97. The Bertz CT molecular complexity index is 620. The second-order valence-corrected chi connectivity index (χ2v) is 5.22. The summed E-state index contributed by atoms with van der Waals surface area (Å²) in [6.07, 6.45) is 0. The van der Waals surface area contributed by atoms with E-state index >= 15 is 0 Å². The molecule has 20 heavy (non-hydrogen) atoms. The number of halogens is 1. The normalized spacial score (nSPS) is 10.6. The predicted octanol–water partition coefficient (Wildman–Crippen LogP) is 1.97. The van der Waals surface area contributed by atoms with Gasteiger partial charge in [0.2, 0.25) is 0 Å². The number of aromatic nitrogens is 2. The van der Waals surface area contributed by atoms with Gasteiger partial charge in [0.15, 0.2) is 0 Å². The molecule has 0 unspecified atom stereocenters. The first kappa shape index (κ1) is 14.7. The average molecular weight is 338 g/mol. The summed E-state index contributed by atoms with van der Waals surface area (Å²) < 4.78 is 2.82. The van der Waals surface area contributed by atoms with Crippen molar-refractivity contribution in [2.24, 2.45) is 0 Å². The minimum atomic E-state index is -0.194. The number of carbonyl (C=O) groups is 1. The van der Waals surface area contributed by atoms with E-state index in [1.165, 1.54) is 0 Å². The molecule has 1 amide bonds. The van der Waals surface area contributed by atoms with Gasteiger partial charge >= 0.3 is 0 Å². The van der Waals surface area contributed by atoms with Crippen LogP contribution in [0.15, 0.2) is 28.7 Å². The molecule has 0 radical (unpaired) electrons. The summed E-state index contributed by atoms with van der Waals surface area (Å²) in [5.41, 5.74) is 3.39. The van der Waals surface area contributed by atoms with E-state index in [-0.39, 0.29) is 19.1 Å². The third-order valence-corrected chi connectivity index (χ3v) is 4.12. The molecule has 5 nitrogen and oxygen atoms in total. The fraction of sp³-hybridized carbons (Fsp3) is 0.286. The molecule has 1 aromatic heterocycles. The predicted molar refractivity (Wildman–Crippen MR) is 80.2 cm³/mol. The van der Waals surface area contributed by atoms with Gasteiger partial charge in [-0.2, -0.15) is 5.10 Å². The molecule has 2 N–H and O–H groups in total. The second-order valence-electron chi connectivity index (χ2n) is 4.42. The van der Waals surface area contributed by atoms with E-state index in [1.54, 1.807) is 12.1 Å². The molecule has 2 rings (SSSR count). The monoisotopic (exact) mass is 337 g/mol. The Kier molecular flexibility index (Phi) is 4.57. The molecule has 0 aliphatic rings. The van der Waals surface area contributed by atoms with Gasteiger partial charge in [0.25, 0.3) is 5.91 Å². The largest absolute Gasteiger partial charge is 0.395 e. The van der Waals surface area contributed by atoms with Gasteiger partial charge in [-0.15, -0.1) is 0 Å². The van der Waals surface area contributed by atoms with Gasteiger partial charge in [0.1, 0.15) is 0 Å². The molecule has 0 aliphatic heterocycles. The summed E-state index contributed by atoms with van der Waals surface area (Å²) in [5.74, 6) is -0.194. The molecule has 0 saturated heterocycles. The number of nitrogens with zero attached hydrogens (tertiary/aromatic N) is 2. The highest BCUT2D eigenvalue weighted by molar-refractivity contribution is 9.10. The third kappa shape index (κ3) is 2.91. The average Bonchev–Trinajstić information content (AvgIpc) is 2.72. The van der Waals surface area contributed by atoms with Crippen molar-refractivity contribution < 1.29 is 9.90 Å². The summed E-state index contributed by atoms with van der Waals surface area (Å²) in [5, 5.41) is 15.7. The Labute approximate surface area is 125 Å². The van der Waals surface area contributed by atoms with Crippen LogP contribution in [0, 0.1) is 13.8 Å². The number of hydrogen-bond donors (Lipinski definition) is 2. The lowest BCUT2D eigenvalue weighted by molar-refractivity contribution is 0.0945. The van der Waals surface area contributed by atoms with Crippen molar-refractivity contribution in [2.75, 3.05) is 13.2 Å². The maximum absolute atomic E-state index is 11.7. The van der Waals surface area contributed by atoms with E-state index in [1.807, 2.05) is 30.7 Å². The van der Waals surface area contributed by atoms with Crippen molar-refractivity contribution in [1.82, 2.24) is 15.1 Å². The van der Waals surface area contributed by atoms with Crippen LogP contribution in [0.25, 0.3) is 5.69 Å². The molecule has 0 fully saturated rings. The maximum atomic E-state index is 11.7. The van der Waals surface area contributed by atoms with Crippen LogP contribution in [-0.4, -0.2) is 33.9 Å². The molecule has 2 aromatic rings. The number of rotatable bonds is 4. The molecule has 0 atom stereocenters. The van der Waals surface area contributed by atoms with Gasteiger partial charge in [-0.3, -0.25) is 4.79 Å². The fourth-order valence-electron chi connectivity index (χ4n) is 1.90. The first-order chi connectivity index (χ1) is 9.54. The van der Waals surface area contributed by atoms with E-state index in [9.17, 15) is 4.79 Å². The SMILES string of the molecule is Cc1nn(-c2ccc(C(=O)NCCO)cc2)c(C)c1Br. The lowest BCUT2D eigenvalue weighted by Crippen LogP contribution is -2.26. The minimum absolute atomic E-state index is 0.0659. The van der Waals surface area contributed by atoms with Gasteiger partial charge in [0, 0.05) is 12.1 Å². The molecule has 1 heterocycles. The van der Waals surface area contributed by atoms with Gasteiger partial charge in [-0.1, -0.05) is 0 Å². The van der Waals surface area contributed by atoms with Crippen LogP contribution in [0.2, 0.25) is 0 Å². The number of aliphatic hydroxyl groups is 1. The van der Waals surface area contributed by atoms with Crippen molar-refractivity contribution in [3.8, 4) is 5.69 Å². The Morgan fingerprint density at radius 1 is 1.35 bits per heavy atom. The first-order valence-corrected chi connectivity index (χ1v) is 7.05. The highest BCUT2D eigenvalue weighted by Gasteiger charge is 2.11. The summed E-state index contributed by atoms with van der Waals surface area (Å²) in [6.45, 7) is 4.10. The minimum Gasteiger partial charge on any atom is -0.395 e. The van der Waals surface area contributed by atoms with Gasteiger partial charge in [-0.25, -0.2) is 4.68 Å². The molecule has 0 spiro atoms. The summed E-state index contributed by atoms with van der Waals surface area (Å²) in [6, 6.07) is 7.18. The molecular formula is C14H16BrN3O2. The molecule has 106 valence electrons. The van der Waals surface area contributed by atoms with E-state index in [4.69, 9.17) is 5.11 Å². The number of benzene rings is 1. The van der Waals surface area contributed by atoms with Crippen LogP contribution in [0.3, 0.4) is 0 Å². The topological polar surface area (TPSA) is 67.2 Å². The van der Waals surface area contributed by atoms with Gasteiger partial charge < -0.3 is 10.4 Å². The van der Waals surface area contributed by atoms with Crippen molar-refractivity contribution in [1.29, 1.82) is 0 Å². The molecule has 0 aliphatic carbocycles. The van der Waals surface area contributed by atoms with Crippen LogP contribution in [0.5, 0.6) is 0 Å². The highest BCUT2D eigenvalue weighted by Crippen LogP contribution is 2.23. The Morgan fingerprint density at radius 2 is 2.00 bits per heavy atom. The zero-order valence-corrected chi connectivity index (χ0v) is 12.9. The van der Waals surface area contributed by atoms with Crippen molar-refractivity contribution in [3.05, 3.63) is 45.7 Å². The number of amides is 1. The van der Waals surface area contributed by atoms with Gasteiger partial charge in [0.05, 0.1) is 28.2 Å². The summed E-state index contributed by atoms with van der Waals surface area (Å²) >= 11 is 3.49. The summed E-state index contributed by atoms with van der Waals surface area (Å²) in [4.78, 5) is 11.7. The quantitative estimate of drug-likeness (QED) is 0.896. The lowest BCUT2D eigenvalue weighted by atomic mass is 10.2. The molecule has 6 heteroatoms. The number of aliphatic hydroxyl groups excluding tert-OH is 1. The van der Waals surface area contributed by atoms with E-state index < -0.39 is 0 Å². The number of nitrogens with one attached hydrogen (secondary N) is 1. The Morgan fingerprint density at radius 3 is 2.50 bits per heavy atom. The Hall–Kier alpha value is -1.66. The van der Waals surface area contributed by atoms with E-state index in [0.717, 1.165) is 21.5 Å². The van der Waals surface area contributed by atoms with Crippen molar-refractivity contribution in [3.63, 3.8) is 0 Å². The van der Waals surface area contributed by atoms with E-state index in [0.29, 0.717) is 5.56 Å². The van der Waals surface area contributed by atoms with Crippen LogP contribution in [0.1, 0.15) is 21.7 Å². The van der Waals surface area contributed by atoms with Crippen LogP contribution >= 0.6 is 15.9 Å². The fourth-order valence-corrected chi connectivity index (χ4v) is 2.15. The van der Waals surface area contributed by atoms with Crippen molar-refractivity contribution in [2.45, 2.75) is 13.8 Å². The lowest BCUT2D eigenvalue weighted by Gasteiger charge is -2.06. The highest BCUT2D eigenvalue weighted by atomic mass is 79.9. The molecule has 0 saturated carbocycles. The van der Waals surface area contributed by atoms with Gasteiger partial charge in [-0.05, 0) is 54.0 Å². The van der Waals surface area contributed by atoms with Crippen molar-refractivity contribution >= 4 is 21.8 Å². The molecular weight excluding hydrogens is 322 g/mol. The number of aryl methyl sites for hydroxylation is 1. The van der Waals surface area contributed by atoms with Crippen LogP contribution in [-0.2, 0) is 0 Å². The summed E-state index contributed by atoms with van der Waals surface area (Å²) in [7, 11) is 0. The smallest absolute Gasteiger partial charge is 0.251 e. The van der Waals surface area contributed by atoms with E-state index in [2.05, 4.69) is 26.3 Å².